The monoisotopic (exact) mass is 421 g/mol. The lowest BCUT2D eigenvalue weighted by Crippen LogP contribution is -2.49. The molecule has 1 aliphatic heterocycles. The van der Waals surface area contributed by atoms with Gasteiger partial charge in [0.2, 0.25) is 5.95 Å². The van der Waals surface area contributed by atoms with Crippen LogP contribution in [-0.4, -0.2) is 56.5 Å². The van der Waals surface area contributed by atoms with Crippen LogP contribution in [0.5, 0.6) is 0 Å². The number of hydrogen-bond donors (Lipinski definition) is 1. The molecule has 0 amide bonds. The van der Waals surface area contributed by atoms with Crippen molar-refractivity contribution in [1.82, 2.24) is 24.2 Å². The fraction of sp³-hybridized carbons (Fsp3) is 0.435. The Bertz CT molecular complexity index is 1110. The van der Waals surface area contributed by atoms with Crippen LogP contribution in [0.25, 0.3) is 11.0 Å². The van der Waals surface area contributed by atoms with Gasteiger partial charge >= 0.3 is 0 Å². The average Bonchev–Trinajstić information content (AvgIpc) is 3.04. The van der Waals surface area contributed by atoms with Gasteiger partial charge in [-0.25, -0.2) is 9.67 Å². The molecule has 1 N–H and O–H groups in total. The Hall–Kier alpha value is -3.13. The zero-order valence-corrected chi connectivity index (χ0v) is 18.6. The highest BCUT2D eigenvalue weighted by molar-refractivity contribution is 5.75. The molecule has 0 spiro atoms. The topological polar surface area (TPSA) is 71.2 Å². The number of benzene rings is 1. The average molecular weight is 422 g/mol. The highest BCUT2D eigenvalue weighted by atomic mass is 16.1. The third-order valence-corrected chi connectivity index (χ3v) is 6.22. The van der Waals surface area contributed by atoms with Gasteiger partial charge in [-0.3, -0.25) is 14.4 Å². The minimum atomic E-state index is -0.110. The number of fused-ring (bicyclic) bond motifs is 1. The number of anilines is 3. The van der Waals surface area contributed by atoms with Crippen LogP contribution in [0.3, 0.4) is 0 Å². The second-order valence-electron chi connectivity index (χ2n) is 8.08. The lowest BCUT2D eigenvalue weighted by molar-refractivity contribution is 0.193. The molecule has 1 fully saturated rings. The smallest absolute Gasteiger partial charge is 0.278 e. The molecular formula is C23H31N7O. The van der Waals surface area contributed by atoms with Gasteiger partial charge in [0, 0.05) is 56.8 Å². The fourth-order valence-corrected chi connectivity index (χ4v) is 4.11. The zero-order chi connectivity index (χ0) is 22.0. The number of rotatable bonds is 7. The van der Waals surface area contributed by atoms with Gasteiger partial charge in [0.15, 0.2) is 5.65 Å². The molecule has 1 atom stereocenters. The quantitative estimate of drug-likeness (QED) is 0.592. The molecule has 0 bridgehead atoms. The first-order chi connectivity index (χ1) is 15.0. The number of nitrogens with zero attached hydrogens (tertiary/aromatic N) is 6. The Balaban J connectivity index is 1.46. The lowest BCUT2D eigenvalue weighted by Gasteiger charge is -2.39. The van der Waals surface area contributed by atoms with E-state index in [9.17, 15) is 4.79 Å². The summed E-state index contributed by atoms with van der Waals surface area (Å²) in [6.07, 6.45) is 4.47. The summed E-state index contributed by atoms with van der Waals surface area (Å²) in [7, 11) is 1.82. The first kappa shape index (κ1) is 21.1. The summed E-state index contributed by atoms with van der Waals surface area (Å²) >= 11 is 0. The fourth-order valence-electron chi connectivity index (χ4n) is 4.11. The van der Waals surface area contributed by atoms with Crippen LogP contribution in [0.2, 0.25) is 0 Å². The zero-order valence-electron chi connectivity index (χ0n) is 18.6. The van der Waals surface area contributed by atoms with Crippen molar-refractivity contribution in [2.24, 2.45) is 7.05 Å². The molecule has 164 valence electrons. The molecular weight excluding hydrogens is 390 g/mol. The SMILES string of the molecule is C=CCn1c(=O)c2cnc(Nc3ccc(N4CCN(C(C)CC)CC4)cc3)nc2n1C. The number of hydrogen-bond acceptors (Lipinski definition) is 6. The van der Waals surface area contributed by atoms with Gasteiger partial charge in [-0.2, -0.15) is 4.98 Å². The first-order valence-electron chi connectivity index (χ1n) is 10.9. The number of aryl methyl sites for hydroxylation is 1. The molecule has 3 aromatic rings. The Morgan fingerprint density at radius 2 is 1.90 bits per heavy atom. The van der Waals surface area contributed by atoms with Gasteiger partial charge in [0.05, 0.1) is 6.54 Å². The highest BCUT2D eigenvalue weighted by Gasteiger charge is 2.20. The van der Waals surface area contributed by atoms with E-state index in [1.165, 1.54) is 12.1 Å². The minimum Gasteiger partial charge on any atom is -0.369 e. The molecule has 2 aromatic heterocycles. The second-order valence-corrected chi connectivity index (χ2v) is 8.08. The molecule has 4 rings (SSSR count). The van der Waals surface area contributed by atoms with Gasteiger partial charge < -0.3 is 10.2 Å². The molecule has 0 radical (unpaired) electrons. The molecule has 3 heterocycles. The number of piperazine rings is 1. The van der Waals surface area contributed by atoms with Gasteiger partial charge in [-0.1, -0.05) is 13.0 Å². The van der Waals surface area contributed by atoms with Crippen molar-refractivity contribution in [2.75, 3.05) is 36.4 Å². The van der Waals surface area contributed by atoms with E-state index in [0.717, 1.165) is 31.9 Å². The van der Waals surface area contributed by atoms with Crippen molar-refractivity contribution < 1.29 is 0 Å². The Kier molecular flexibility index (Phi) is 6.08. The van der Waals surface area contributed by atoms with E-state index in [1.807, 2.05) is 19.2 Å². The minimum absolute atomic E-state index is 0.110. The van der Waals surface area contributed by atoms with E-state index in [4.69, 9.17) is 0 Å². The Morgan fingerprint density at radius 3 is 2.55 bits per heavy atom. The largest absolute Gasteiger partial charge is 0.369 e. The summed E-state index contributed by atoms with van der Waals surface area (Å²) < 4.78 is 3.33. The molecule has 0 aliphatic carbocycles. The Morgan fingerprint density at radius 1 is 1.19 bits per heavy atom. The molecule has 8 heteroatoms. The first-order valence-corrected chi connectivity index (χ1v) is 10.9. The van der Waals surface area contributed by atoms with Crippen LogP contribution in [0.4, 0.5) is 17.3 Å². The molecule has 1 aromatic carbocycles. The van der Waals surface area contributed by atoms with Crippen LogP contribution >= 0.6 is 0 Å². The number of aromatic nitrogens is 4. The van der Waals surface area contributed by atoms with Gasteiger partial charge in [0.1, 0.15) is 5.39 Å². The van der Waals surface area contributed by atoms with Gasteiger partial charge in [0.25, 0.3) is 5.56 Å². The maximum Gasteiger partial charge on any atom is 0.278 e. The van der Waals surface area contributed by atoms with Gasteiger partial charge in [-0.15, -0.1) is 6.58 Å². The molecule has 1 unspecified atom stereocenters. The standard InChI is InChI=1S/C23H31N7O/c1-5-11-30-22(31)20-16-24-23(26-21(20)27(30)4)25-18-7-9-19(10-8-18)29-14-12-28(13-15-29)17(3)6-2/h5,7-10,16-17H,1,6,11-15H2,2-4H3,(H,24,25,26). The summed E-state index contributed by atoms with van der Waals surface area (Å²) in [6.45, 7) is 13.0. The van der Waals surface area contributed by atoms with Crippen LogP contribution in [-0.2, 0) is 13.6 Å². The third kappa shape index (κ3) is 4.20. The van der Waals surface area contributed by atoms with E-state index in [0.29, 0.717) is 29.6 Å². The third-order valence-electron chi connectivity index (χ3n) is 6.22. The predicted octanol–water partition coefficient (Wildman–Crippen LogP) is 2.98. The lowest BCUT2D eigenvalue weighted by atomic mass is 10.1. The van der Waals surface area contributed by atoms with E-state index in [-0.39, 0.29) is 5.56 Å². The van der Waals surface area contributed by atoms with Crippen molar-refractivity contribution in [3.05, 3.63) is 53.5 Å². The molecule has 1 aliphatic rings. The molecule has 31 heavy (non-hydrogen) atoms. The van der Waals surface area contributed by atoms with Crippen LogP contribution < -0.4 is 15.8 Å². The summed E-state index contributed by atoms with van der Waals surface area (Å²) in [5, 5.41) is 3.75. The normalized spacial score (nSPS) is 15.9. The van der Waals surface area contributed by atoms with Gasteiger partial charge in [-0.05, 0) is 37.6 Å². The van der Waals surface area contributed by atoms with Crippen molar-refractivity contribution in [1.29, 1.82) is 0 Å². The predicted molar refractivity (Wildman–Crippen MR) is 126 cm³/mol. The maximum atomic E-state index is 12.5. The van der Waals surface area contributed by atoms with E-state index in [1.54, 1.807) is 21.6 Å². The van der Waals surface area contributed by atoms with Crippen molar-refractivity contribution >= 4 is 28.4 Å². The van der Waals surface area contributed by atoms with Crippen molar-refractivity contribution in [3.8, 4) is 0 Å². The Labute approximate surface area is 182 Å². The summed E-state index contributed by atoms with van der Waals surface area (Å²) in [4.78, 5) is 26.3. The maximum absolute atomic E-state index is 12.5. The van der Waals surface area contributed by atoms with E-state index >= 15 is 0 Å². The summed E-state index contributed by atoms with van der Waals surface area (Å²) in [5.74, 6) is 0.466. The molecule has 0 saturated carbocycles. The van der Waals surface area contributed by atoms with Crippen LogP contribution in [0, 0.1) is 0 Å². The van der Waals surface area contributed by atoms with E-state index < -0.39 is 0 Å². The number of allylic oxidation sites excluding steroid dienone is 1. The van der Waals surface area contributed by atoms with E-state index in [2.05, 4.69) is 57.6 Å². The molecule has 1 saturated heterocycles. The summed E-state index contributed by atoms with van der Waals surface area (Å²) in [6, 6.07) is 9.02. The van der Waals surface area contributed by atoms with Crippen LogP contribution in [0.15, 0.2) is 47.9 Å². The number of nitrogens with one attached hydrogen (secondary N) is 1. The highest BCUT2D eigenvalue weighted by Crippen LogP contribution is 2.22. The van der Waals surface area contributed by atoms with Crippen molar-refractivity contribution in [3.63, 3.8) is 0 Å². The summed E-state index contributed by atoms with van der Waals surface area (Å²) in [5.41, 5.74) is 2.63. The molecule has 8 nitrogen and oxygen atoms in total. The second kappa shape index (κ2) is 8.93. The van der Waals surface area contributed by atoms with Crippen LogP contribution in [0.1, 0.15) is 20.3 Å². The van der Waals surface area contributed by atoms with Crippen molar-refractivity contribution in [2.45, 2.75) is 32.9 Å².